The Bertz CT molecular complexity index is 945. The van der Waals surface area contributed by atoms with Crippen molar-refractivity contribution in [3.05, 3.63) is 59.4 Å². The summed E-state index contributed by atoms with van der Waals surface area (Å²) in [7, 11) is 0. The molecule has 1 aliphatic carbocycles. The summed E-state index contributed by atoms with van der Waals surface area (Å²) in [4.78, 5) is 31.2. The zero-order chi connectivity index (χ0) is 21.4. The fourth-order valence-corrected chi connectivity index (χ4v) is 4.68. The predicted molar refractivity (Wildman–Crippen MR) is 117 cm³/mol. The van der Waals surface area contributed by atoms with Gasteiger partial charge in [0.05, 0.1) is 17.2 Å². The second kappa shape index (κ2) is 8.33. The van der Waals surface area contributed by atoms with Crippen LogP contribution in [-0.4, -0.2) is 47.4 Å². The Balaban J connectivity index is 1.15. The van der Waals surface area contributed by atoms with E-state index in [4.69, 9.17) is 4.74 Å². The molecule has 1 unspecified atom stereocenters. The maximum Gasteiger partial charge on any atom is 0.255 e. The number of likely N-dealkylation sites (tertiary alicyclic amines) is 1. The molecule has 31 heavy (non-hydrogen) atoms. The minimum absolute atomic E-state index is 0.00444. The standard InChI is InChI=1S/C25H29N3O3/c1-16-14-27-24(29)23(16)22-9-6-19(15-26-22)25(30)28-12-10-21(11-13-28)31-20-7-4-18(5-8-20)17-2-3-17/h4-9,15-17,21,23H,2-3,10-14H2,1H3,(H,27,29)/t16?,23-/m1/s1. The molecular weight excluding hydrogens is 390 g/mol. The van der Waals surface area contributed by atoms with Crippen molar-refractivity contribution in [3.63, 3.8) is 0 Å². The van der Waals surface area contributed by atoms with Crippen LogP contribution in [0.4, 0.5) is 0 Å². The Hall–Kier alpha value is -2.89. The highest BCUT2D eigenvalue weighted by atomic mass is 16.5. The molecule has 2 saturated heterocycles. The van der Waals surface area contributed by atoms with Crippen LogP contribution < -0.4 is 10.1 Å². The van der Waals surface area contributed by atoms with Gasteiger partial charge in [-0.15, -0.1) is 0 Å². The lowest BCUT2D eigenvalue weighted by Crippen LogP contribution is -2.41. The van der Waals surface area contributed by atoms with Crippen molar-refractivity contribution < 1.29 is 14.3 Å². The number of aromatic nitrogens is 1. The summed E-state index contributed by atoms with van der Waals surface area (Å²) in [6.45, 7) is 4.06. The number of pyridine rings is 1. The first-order valence-electron chi connectivity index (χ1n) is 11.4. The van der Waals surface area contributed by atoms with Crippen molar-refractivity contribution in [2.24, 2.45) is 5.92 Å². The molecule has 1 N–H and O–H groups in total. The largest absolute Gasteiger partial charge is 0.490 e. The molecule has 0 bridgehead atoms. The van der Waals surface area contributed by atoms with E-state index in [9.17, 15) is 9.59 Å². The number of piperidine rings is 1. The van der Waals surface area contributed by atoms with Gasteiger partial charge < -0.3 is 15.0 Å². The first-order valence-corrected chi connectivity index (χ1v) is 11.4. The average Bonchev–Trinajstić information content (AvgIpc) is 3.59. The lowest BCUT2D eigenvalue weighted by atomic mass is 9.93. The Morgan fingerprint density at radius 2 is 1.81 bits per heavy atom. The van der Waals surface area contributed by atoms with Crippen LogP contribution in [0, 0.1) is 5.92 Å². The highest BCUT2D eigenvalue weighted by Crippen LogP contribution is 2.40. The first-order chi connectivity index (χ1) is 15.1. The maximum absolute atomic E-state index is 12.9. The molecule has 1 saturated carbocycles. The van der Waals surface area contributed by atoms with E-state index in [2.05, 4.69) is 34.6 Å². The molecule has 2 aromatic rings. The van der Waals surface area contributed by atoms with E-state index in [1.54, 1.807) is 12.3 Å². The smallest absolute Gasteiger partial charge is 0.255 e. The zero-order valence-corrected chi connectivity index (χ0v) is 17.9. The number of hydrogen-bond acceptors (Lipinski definition) is 4. The molecule has 2 atom stereocenters. The number of carbonyl (C=O) groups is 2. The van der Waals surface area contributed by atoms with Gasteiger partial charge in [-0.1, -0.05) is 19.1 Å². The summed E-state index contributed by atoms with van der Waals surface area (Å²) in [6.07, 6.45) is 6.00. The van der Waals surface area contributed by atoms with Crippen molar-refractivity contribution in [2.75, 3.05) is 19.6 Å². The molecule has 6 nitrogen and oxygen atoms in total. The van der Waals surface area contributed by atoms with E-state index in [1.807, 2.05) is 17.9 Å². The normalized spacial score (nSPS) is 24.2. The summed E-state index contributed by atoms with van der Waals surface area (Å²) >= 11 is 0. The first kappa shape index (κ1) is 20.0. The highest BCUT2D eigenvalue weighted by Gasteiger charge is 2.34. The molecule has 0 spiro atoms. The topological polar surface area (TPSA) is 71.5 Å². The molecular formula is C25H29N3O3. The van der Waals surface area contributed by atoms with E-state index in [-0.39, 0.29) is 29.8 Å². The minimum atomic E-state index is -0.226. The molecule has 1 aromatic heterocycles. The summed E-state index contributed by atoms with van der Waals surface area (Å²) in [5.41, 5.74) is 2.72. The van der Waals surface area contributed by atoms with Crippen LogP contribution in [0.2, 0.25) is 0 Å². The van der Waals surface area contributed by atoms with E-state index < -0.39 is 0 Å². The number of carbonyl (C=O) groups excluding carboxylic acids is 2. The number of nitrogens with one attached hydrogen (secondary N) is 1. The molecule has 5 rings (SSSR count). The van der Waals surface area contributed by atoms with E-state index >= 15 is 0 Å². The Labute approximate surface area is 183 Å². The number of hydrogen-bond donors (Lipinski definition) is 1. The number of benzene rings is 1. The number of nitrogens with zero attached hydrogens (tertiary/aromatic N) is 2. The molecule has 2 aliphatic heterocycles. The van der Waals surface area contributed by atoms with E-state index in [0.717, 1.165) is 30.2 Å². The van der Waals surface area contributed by atoms with Crippen molar-refractivity contribution in [1.82, 2.24) is 15.2 Å². The van der Waals surface area contributed by atoms with Gasteiger partial charge in [-0.05, 0) is 54.5 Å². The van der Waals surface area contributed by atoms with Crippen molar-refractivity contribution in [2.45, 2.75) is 50.5 Å². The van der Waals surface area contributed by atoms with E-state index in [1.165, 1.54) is 18.4 Å². The van der Waals surface area contributed by atoms with Gasteiger partial charge in [0.2, 0.25) is 5.91 Å². The molecule has 2 amide bonds. The van der Waals surface area contributed by atoms with E-state index in [0.29, 0.717) is 25.2 Å². The van der Waals surface area contributed by atoms with Crippen molar-refractivity contribution in [1.29, 1.82) is 0 Å². The molecule has 1 aromatic carbocycles. The number of rotatable bonds is 5. The Morgan fingerprint density at radius 1 is 1.06 bits per heavy atom. The van der Waals surface area contributed by atoms with Gasteiger partial charge in [0.1, 0.15) is 11.9 Å². The van der Waals surface area contributed by atoms with Gasteiger partial charge >= 0.3 is 0 Å². The van der Waals surface area contributed by atoms with Gasteiger partial charge in [0, 0.05) is 38.7 Å². The Morgan fingerprint density at radius 3 is 2.39 bits per heavy atom. The number of amides is 2. The SMILES string of the molecule is CC1CNC(=O)[C@H]1c1ccc(C(=O)N2CCC(Oc3ccc(C4CC4)cc3)CC2)cn1. The second-order valence-corrected chi connectivity index (χ2v) is 9.12. The van der Waals surface area contributed by atoms with Crippen molar-refractivity contribution >= 4 is 11.8 Å². The zero-order valence-electron chi connectivity index (χ0n) is 17.9. The lowest BCUT2D eigenvalue weighted by molar-refractivity contribution is -0.120. The third kappa shape index (κ3) is 4.29. The third-order valence-corrected chi connectivity index (χ3v) is 6.76. The molecule has 162 valence electrons. The number of ether oxygens (including phenoxy) is 1. The summed E-state index contributed by atoms with van der Waals surface area (Å²) < 4.78 is 6.15. The van der Waals surface area contributed by atoms with Crippen LogP contribution in [0.1, 0.15) is 66.1 Å². The average molecular weight is 420 g/mol. The van der Waals surface area contributed by atoms with Gasteiger partial charge in [-0.3, -0.25) is 14.6 Å². The van der Waals surface area contributed by atoms with Crippen LogP contribution in [0.25, 0.3) is 0 Å². The predicted octanol–water partition coefficient (Wildman–Crippen LogP) is 3.49. The van der Waals surface area contributed by atoms with Crippen molar-refractivity contribution in [3.8, 4) is 5.75 Å². The monoisotopic (exact) mass is 419 g/mol. The molecule has 0 radical (unpaired) electrons. The minimum Gasteiger partial charge on any atom is -0.490 e. The fraction of sp³-hybridized carbons (Fsp3) is 0.480. The van der Waals surface area contributed by atoms with Crippen LogP contribution in [-0.2, 0) is 4.79 Å². The van der Waals surface area contributed by atoms with Crippen LogP contribution in [0.3, 0.4) is 0 Å². The summed E-state index contributed by atoms with van der Waals surface area (Å²) in [5, 5.41) is 2.87. The highest BCUT2D eigenvalue weighted by molar-refractivity contribution is 5.94. The van der Waals surface area contributed by atoms with Gasteiger partial charge in [-0.25, -0.2) is 0 Å². The third-order valence-electron chi connectivity index (χ3n) is 6.76. The quantitative estimate of drug-likeness (QED) is 0.805. The lowest BCUT2D eigenvalue weighted by Gasteiger charge is -2.32. The molecule has 3 aliphatic rings. The summed E-state index contributed by atoms with van der Waals surface area (Å²) in [5.74, 6) is 1.67. The van der Waals surface area contributed by atoms with Gasteiger partial charge in [0.15, 0.2) is 0 Å². The van der Waals surface area contributed by atoms with Crippen LogP contribution in [0.15, 0.2) is 42.6 Å². The molecule has 3 heterocycles. The summed E-state index contributed by atoms with van der Waals surface area (Å²) in [6, 6.07) is 12.1. The van der Waals surface area contributed by atoms with Crippen LogP contribution >= 0.6 is 0 Å². The van der Waals surface area contributed by atoms with Gasteiger partial charge in [0.25, 0.3) is 5.91 Å². The molecule has 6 heteroatoms. The van der Waals surface area contributed by atoms with Gasteiger partial charge in [-0.2, -0.15) is 0 Å². The maximum atomic E-state index is 12.9. The van der Waals surface area contributed by atoms with Crippen LogP contribution in [0.5, 0.6) is 5.75 Å². The fourth-order valence-electron chi connectivity index (χ4n) is 4.68. The second-order valence-electron chi connectivity index (χ2n) is 9.12. The molecule has 3 fully saturated rings. The Kier molecular flexibility index (Phi) is 5.38.